The molecule has 56 valence electrons. The van der Waals surface area contributed by atoms with Crippen molar-refractivity contribution in [3.63, 3.8) is 0 Å². The highest BCUT2D eigenvalue weighted by molar-refractivity contribution is 7.81. The van der Waals surface area contributed by atoms with E-state index in [9.17, 15) is 0 Å². The van der Waals surface area contributed by atoms with Crippen LogP contribution in [0.3, 0.4) is 0 Å². The van der Waals surface area contributed by atoms with Gasteiger partial charge in [-0.2, -0.15) is 12.6 Å². The summed E-state index contributed by atoms with van der Waals surface area (Å²) in [4.78, 5) is 1.37. The third kappa shape index (κ3) is 2.33. The fourth-order valence-electron chi connectivity index (χ4n) is 0.744. The third-order valence-electron chi connectivity index (χ3n) is 1.29. The number of hydrogen-bond donors (Lipinski definition) is 2. The van der Waals surface area contributed by atoms with Crippen molar-refractivity contribution in [3.05, 3.63) is 22.4 Å². The average molecular weight is 173 g/mol. The van der Waals surface area contributed by atoms with Gasteiger partial charge in [-0.1, -0.05) is 6.07 Å². The lowest BCUT2D eigenvalue weighted by molar-refractivity contribution is 0.870. The standard InChI is InChI=1S/C7H11NS2/c8-5-6(9)4-7-2-1-3-10-7/h1-3,6,9H,4-5,8H2. The van der Waals surface area contributed by atoms with Crippen LogP contribution >= 0.6 is 24.0 Å². The fraction of sp³-hybridized carbons (Fsp3) is 0.429. The van der Waals surface area contributed by atoms with Crippen molar-refractivity contribution >= 4 is 24.0 Å². The molecule has 0 spiro atoms. The van der Waals surface area contributed by atoms with E-state index in [1.165, 1.54) is 4.88 Å². The number of thiol groups is 1. The molecular weight excluding hydrogens is 162 g/mol. The molecule has 1 nitrogen and oxygen atoms in total. The van der Waals surface area contributed by atoms with Crippen molar-refractivity contribution in [2.24, 2.45) is 5.73 Å². The van der Waals surface area contributed by atoms with Gasteiger partial charge in [-0.15, -0.1) is 11.3 Å². The van der Waals surface area contributed by atoms with Crippen LogP contribution in [0.1, 0.15) is 4.88 Å². The topological polar surface area (TPSA) is 26.0 Å². The molecule has 10 heavy (non-hydrogen) atoms. The Bertz CT molecular complexity index is 172. The van der Waals surface area contributed by atoms with Crippen molar-refractivity contribution in [2.45, 2.75) is 11.7 Å². The Morgan fingerprint density at radius 1 is 1.70 bits per heavy atom. The van der Waals surface area contributed by atoms with E-state index >= 15 is 0 Å². The Balaban J connectivity index is 2.40. The summed E-state index contributed by atoms with van der Waals surface area (Å²) in [5.74, 6) is 0. The first-order chi connectivity index (χ1) is 4.83. The van der Waals surface area contributed by atoms with Gasteiger partial charge in [-0.3, -0.25) is 0 Å². The molecule has 0 amide bonds. The Kier molecular flexibility index (Phi) is 3.25. The van der Waals surface area contributed by atoms with Gasteiger partial charge < -0.3 is 5.73 Å². The summed E-state index contributed by atoms with van der Waals surface area (Å²) in [6.45, 7) is 0.654. The molecule has 1 heterocycles. The summed E-state index contributed by atoms with van der Waals surface area (Å²) >= 11 is 6.06. The first-order valence-corrected chi connectivity index (χ1v) is 4.63. The zero-order valence-electron chi connectivity index (χ0n) is 5.66. The minimum Gasteiger partial charge on any atom is -0.329 e. The highest BCUT2D eigenvalue weighted by Crippen LogP contribution is 2.12. The van der Waals surface area contributed by atoms with Gasteiger partial charge in [0.1, 0.15) is 0 Å². The maximum Gasteiger partial charge on any atom is 0.0188 e. The Morgan fingerprint density at radius 2 is 2.50 bits per heavy atom. The van der Waals surface area contributed by atoms with E-state index in [0.29, 0.717) is 11.8 Å². The van der Waals surface area contributed by atoms with Crippen LogP contribution in [0.4, 0.5) is 0 Å². The van der Waals surface area contributed by atoms with Crippen LogP contribution in [0, 0.1) is 0 Å². The molecule has 3 heteroatoms. The van der Waals surface area contributed by atoms with E-state index in [-0.39, 0.29) is 0 Å². The minimum absolute atomic E-state index is 0.318. The molecular formula is C7H11NS2. The highest BCUT2D eigenvalue weighted by atomic mass is 32.1. The second kappa shape index (κ2) is 4.01. The van der Waals surface area contributed by atoms with Crippen molar-refractivity contribution in [2.75, 3.05) is 6.54 Å². The van der Waals surface area contributed by atoms with Gasteiger partial charge in [-0.25, -0.2) is 0 Å². The van der Waals surface area contributed by atoms with Crippen molar-refractivity contribution in [1.82, 2.24) is 0 Å². The first-order valence-electron chi connectivity index (χ1n) is 3.23. The second-order valence-corrected chi connectivity index (χ2v) is 3.94. The van der Waals surface area contributed by atoms with Crippen LogP contribution in [-0.2, 0) is 6.42 Å². The first kappa shape index (κ1) is 8.11. The molecule has 0 saturated heterocycles. The summed E-state index contributed by atoms with van der Waals surface area (Å²) in [5.41, 5.74) is 5.42. The van der Waals surface area contributed by atoms with Gasteiger partial charge in [0.25, 0.3) is 0 Å². The van der Waals surface area contributed by atoms with Crippen LogP contribution in [0.5, 0.6) is 0 Å². The van der Waals surface area contributed by atoms with Crippen molar-refractivity contribution in [1.29, 1.82) is 0 Å². The van der Waals surface area contributed by atoms with E-state index in [4.69, 9.17) is 5.73 Å². The normalized spacial score (nSPS) is 13.4. The molecule has 1 aromatic rings. The molecule has 1 rings (SSSR count). The molecule has 0 fully saturated rings. The Morgan fingerprint density at radius 3 is 3.00 bits per heavy atom. The number of nitrogens with two attached hydrogens (primary N) is 1. The van der Waals surface area contributed by atoms with E-state index < -0.39 is 0 Å². The molecule has 0 aromatic carbocycles. The predicted molar refractivity (Wildman–Crippen MR) is 49.9 cm³/mol. The smallest absolute Gasteiger partial charge is 0.0188 e. The predicted octanol–water partition coefficient (Wildman–Crippen LogP) is 1.55. The molecule has 0 bridgehead atoms. The maximum absolute atomic E-state index is 5.42. The lowest BCUT2D eigenvalue weighted by Crippen LogP contribution is -2.15. The molecule has 1 aromatic heterocycles. The summed E-state index contributed by atoms with van der Waals surface area (Å²) in [7, 11) is 0. The Hall–Kier alpha value is 0.01000. The lowest BCUT2D eigenvalue weighted by Gasteiger charge is -2.03. The molecule has 1 atom stereocenters. The average Bonchev–Trinajstić information content (AvgIpc) is 2.40. The van der Waals surface area contributed by atoms with Crippen LogP contribution in [0.15, 0.2) is 17.5 Å². The van der Waals surface area contributed by atoms with Crippen molar-refractivity contribution < 1.29 is 0 Å². The molecule has 0 aliphatic rings. The van der Waals surface area contributed by atoms with Gasteiger partial charge in [-0.05, 0) is 17.9 Å². The maximum atomic E-state index is 5.42. The monoisotopic (exact) mass is 173 g/mol. The molecule has 0 aliphatic heterocycles. The number of hydrogen-bond acceptors (Lipinski definition) is 3. The van der Waals surface area contributed by atoms with Gasteiger partial charge in [0.15, 0.2) is 0 Å². The zero-order chi connectivity index (χ0) is 7.40. The van der Waals surface area contributed by atoms with Crippen LogP contribution in [-0.4, -0.2) is 11.8 Å². The van der Waals surface area contributed by atoms with Crippen LogP contribution < -0.4 is 5.73 Å². The summed E-state index contributed by atoms with van der Waals surface area (Å²) in [5, 5.41) is 2.39. The van der Waals surface area contributed by atoms with Crippen LogP contribution in [0.2, 0.25) is 0 Å². The summed E-state index contributed by atoms with van der Waals surface area (Å²) in [6, 6.07) is 4.17. The van der Waals surface area contributed by atoms with Gasteiger partial charge in [0.2, 0.25) is 0 Å². The van der Waals surface area contributed by atoms with Gasteiger partial charge in [0, 0.05) is 16.7 Å². The largest absolute Gasteiger partial charge is 0.329 e. The Labute approximate surface area is 70.7 Å². The number of rotatable bonds is 3. The van der Waals surface area contributed by atoms with E-state index in [1.54, 1.807) is 11.3 Å². The zero-order valence-corrected chi connectivity index (χ0v) is 7.37. The fourth-order valence-corrected chi connectivity index (χ4v) is 1.85. The SMILES string of the molecule is NCC(S)Cc1cccs1. The minimum atomic E-state index is 0.318. The summed E-state index contributed by atoms with van der Waals surface area (Å²) in [6.07, 6.45) is 0.997. The molecule has 0 saturated carbocycles. The molecule has 2 N–H and O–H groups in total. The van der Waals surface area contributed by atoms with E-state index in [0.717, 1.165) is 6.42 Å². The van der Waals surface area contributed by atoms with Gasteiger partial charge >= 0.3 is 0 Å². The van der Waals surface area contributed by atoms with E-state index in [1.807, 2.05) is 0 Å². The molecule has 0 aliphatic carbocycles. The third-order valence-corrected chi connectivity index (χ3v) is 2.58. The van der Waals surface area contributed by atoms with Gasteiger partial charge in [0.05, 0.1) is 0 Å². The van der Waals surface area contributed by atoms with Crippen molar-refractivity contribution in [3.8, 4) is 0 Å². The lowest BCUT2D eigenvalue weighted by atomic mass is 10.2. The quantitative estimate of drug-likeness (QED) is 0.666. The highest BCUT2D eigenvalue weighted by Gasteiger charge is 2.01. The molecule has 1 unspecified atom stereocenters. The van der Waals surface area contributed by atoms with E-state index in [2.05, 4.69) is 30.1 Å². The number of thiophene rings is 1. The second-order valence-electron chi connectivity index (χ2n) is 2.17. The molecule has 0 radical (unpaired) electrons. The van der Waals surface area contributed by atoms with Crippen LogP contribution in [0.25, 0.3) is 0 Å². The summed E-state index contributed by atoms with van der Waals surface area (Å²) < 4.78 is 0.